The smallest absolute Gasteiger partial charge is 0.0303 e. The lowest BCUT2D eigenvalue weighted by Gasteiger charge is -2.35. The molecule has 3 heteroatoms. The molecule has 0 aromatic carbocycles. The van der Waals surface area contributed by atoms with Gasteiger partial charge in [0.1, 0.15) is 0 Å². The summed E-state index contributed by atoms with van der Waals surface area (Å²) in [7, 11) is 0. The monoisotopic (exact) mass is 266 g/mol. The molecule has 1 aliphatic heterocycles. The number of nitrogens with zero attached hydrogens (tertiary/aromatic N) is 1. The van der Waals surface area contributed by atoms with E-state index < -0.39 is 0 Å². The third-order valence-corrected chi connectivity index (χ3v) is 5.06. The van der Waals surface area contributed by atoms with Crippen LogP contribution in [0.2, 0.25) is 0 Å². The average Bonchev–Trinajstić information content (AvgIpc) is 2.83. The summed E-state index contributed by atoms with van der Waals surface area (Å²) >= 11 is 1.81. The van der Waals surface area contributed by atoms with Crippen LogP contribution in [0.1, 0.15) is 38.7 Å². The second-order valence-electron chi connectivity index (χ2n) is 5.43. The molecule has 0 radical (unpaired) electrons. The van der Waals surface area contributed by atoms with Gasteiger partial charge in [-0.1, -0.05) is 13.8 Å². The Hall–Kier alpha value is -0.380. The lowest BCUT2D eigenvalue weighted by Crippen LogP contribution is -2.50. The summed E-state index contributed by atoms with van der Waals surface area (Å²) in [5, 5.41) is 8.24. The van der Waals surface area contributed by atoms with Crippen LogP contribution in [0, 0.1) is 0 Å². The fourth-order valence-corrected chi connectivity index (χ4v) is 3.56. The minimum Gasteiger partial charge on any atom is -0.310 e. The molecule has 0 bridgehead atoms. The molecule has 1 saturated heterocycles. The molecule has 0 spiro atoms. The van der Waals surface area contributed by atoms with Gasteiger partial charge < -0.3 is 10.2 Å². The van der Waals surface area contributed by atoms with Crippen molar-refractivity contribution in [1.29, 1.82) is 0 Å². The van der Waals surface area contributed by atoms with Crippen LogP contribution in [0.5, 0.6) is 0 Å². The van der Waals surface area contributed by atoms with Crippen LogP contribution in [0.4, 0.5) is 0 Å². The molecule has 2 heterocycles. The SMILES string of the molecule is CCC1(CC)CN(CCc2ccsc2)CCCN1. The molecule has 1 N–H and O–H groups in total. The fourth-order valence-electron chi connectivity index (χ4n) is 2.86. The van der Waals surface area contributed by atoms with Gasteiger partial charge in [-0.3, -0.25) is 0 Å². The Morgan fingerprint density at radius 3 is 2.89 bits per heavy atom. The van der Waals surface area contributed by atoms with Crippen molar-refractivity contribution in [3.63, 3.8) is 0 Å². The molecule has 1 aromatic rings. The number of rotatable bonds is 5. The van der Waals surface area contributed by atoms with Gasteiger partial charge in [0.2, 0.25) is 0 Å². The molecule has 1 fully saturated rings. The van der Waals surface area contributed by atoms with Crippen LogP contribution in [-0.2, 0) is 6.42 Å². The Labute approximate surface area is 115 Å². The summed E-state index contributed by atoms with van der Waals surface area (Å²) in [5.74, 6) is 0. The van der Waals surface area contributed by atoms with E-state index in [0.717, 1.165) is 0 Å². The van der Waals surface area contributed by atoms with E-state index in [1.165, 1.54) is 57.4 Å². The second-order valence-corrected chi connectivity index (χ2v) is 6.21. The summed E-state index contributed by atoms with van der Waals surface area (Å²) in [6, 6.07) is 2.26. The van der Waals surface area contributed by atoms with Crippen LogP contribution >= 0.6 is 11.3 Å². The van der Waals surface area contributed by atoms with Gasteiger partial charge in [0.15, 0.2) is 0 Å². The lowest BCUT2D eigenvalue weighted by atomic mass is 9.92. The molecule has 18 heavy (non-hydrogen) atoms. The van der Waals surface area contributed by atoms with Crippen molar-refractivity contribution >= 4 is 11.3 Å². The van der Waals surface area contributed by atoms with Crippen molar-refractivity contribution in [1.82, 2.24) is 10.2 Å². The first kappa shape index (κ1) is 14.0. The van der Waals surface area contributed by atoms with E-state index >= 15 is 0 Å². The third kappa shape index (κ3) is 3.56. The summed E-state index contributed by atoms with van der Waals surface area (Å²) < 4.78 is 0. The highest BCUT2D eigenvalue weighted by Gasteiger charge is 2.29. The molecule has 0 atom stereocenters. The Bertz CT molecular complexity index is 330. The molecule has 0 aliphatic carbocycles. The zero-order chi connectivity index (χ0) is 12.8. The highest BCUT2D eigenvalue weighted by molar-refractivity contribution is 7.07. The van der Waals surface area contributed by atoms with Crippen molar-refractivity contribution in [3.05, 3.63) is 22.4 Å². The third-order valence-electron chi connectivity index (χ3n) is 4.33. The second kappa shape index (κ2) is 6.69. The van der Waals surface area contributed by atoms with Gasteiger partial charge in [-0.05, 0) is 61.2 Å². The van der Waals surface area contributed by atoms with E-state index in [-0.39, 0.29) is 0 Å². The van der Waals surface area contributed by atoms with E-state index in [2.05, 4.69) is 40.9 Å². The average molecular weight is 266 g/mol. The summed E-state index contributed by atoms with van der Waals surface area (Å²) in [4.78, 5) is 2.66. The topological polar surface area (TPSA) is 15.3 Å². The Morgan fingerprint density at radius 2 is 2.22 bits per heavy atom. The number of hydrogen-bond acceptors (Lipinski definition) is 3. The number of hydrogen-bond donors (Lipinski definition) is 1. The first-order valence-corrected chi connectivity index (χ1v) is 8.21. The largest absolute Gasteiger partial charge is 0.310 e. The van der Waals surface area contributed by atoms with Gasteiger partial charge in [-0.2, -0.15) is 11.3 Å². The molecular formula is C15H26N2S. The maximum Gasteiger partial charge on any atom is 0.0303 e. The molecule has 0 saturated carbocycles. The van der Waals surface area contributed by atoms with Crippen molar-refractivity contribution in [2.24, 2.45) is 0 Å². The van der Waals surface area contributed by atoms with Crippen LogP contribution in [0.15, 0.2) is 16.8 Å². The van der Waals surface area contributed by atoms with E-state index in [1.807, 2.05) is 11.3 Å². The summed E-state index contributed by atoms with van der Waals surface area (Å²) in [5.41, 5.74) is 1.85. The Balaban J connectivity index is 1.90. The van der Waals surface area contributed by atoms with Crippen LogP contribution < -0.4 is 5.32 Å². The van der Waals surface area contributed by atoms with Gasteiger partial charge in [0, 0.05) is 18.6 Å². The van der Waals surface area contributed by atoms with Gasteiger partial charge in [-0.15, -0.1) is 0 Å². The van der Waals surface area contributed by atoms with Gasteiger partial charge in [0.25, 0.3) is 0 Å². The molecule has 1 aliphatic rings. The summed E-state index contributed by atoms with van der Waals surface area (Å²) in [6.45, 7) is 9.48. The van der Waals surface area contributed by atoms with E-state index in [9.17, 15) is 0 Å². The zero-order valence-electron chi connectivity index (χ0n) is 11.7. The van der Waals surface area contributed by atoms with Crippen LogP contribution in [0.3, 0.4) is 0 Å². The van der Waals surface area contributed by atoms with Crippen molar-refractivity contribution in [3.8, 4) is 0 Å². The van der Waals surface area contributed by atoms with Gasteiger partial charge >= 0.3 is 0 Å². The first-order valence-electron chi connectivity index (χ1n) is 7.26. The molecule has 1 aromatic heterocycles. The normalized spacial score (nSPS) is 20.8. The lowest BCUT2D eigenvalue weighted by molar-refractivity contribution is 0.199. The minimum absolute atomic E-state index is 0.352. The van der Waals surface area contributed by atoms with E-state index in [1.54, 1.807) is 0 Å². The highest BCUT2D eigenvalue weighted by atomic mass is 32.1. The molecule has 2 rings (SSSR count). The fraction of sp³-hybridized carbons (Fsp3) is 0.733. The number of thiophene rings is 1. The zero-order valence-corrected chi connectivity index (χ0v) is 12.6. The highest BCUT2D eigenvalue weighted by Crippen LogP contribution is 2.20. The minimum atomic E-state index is 0.352. The predicted octanol–water partition coefficient (Wildman–Crippen LogP) is 3.14. The summed E-state index contributed by atoms with van der Waals surface area (Å²) in [6.07, 6.45) is 4.95. The quantitative estimate of drug-likeness (QED) is 0.881. The van der Waals surface area contributed by atoms with E-state index in [0.29, 0.717) is 5.54 Å². The maximum atomic E-state index is 3.78. The predicted molar refractivity (Wildman–Crippen MR) is 80.4 cm³/mol. The Kier molecular flexibility index (Phi) is 5.22. The molecule has 0 amide bonds. The molecule has 0 unspecified atom stereocenters. The van der Waals surface area contributed by atoms with Crippen molar-refractivity contribution < 1.29 is 0 Å². The molecular weight excluding hydrogens is 240 g/mol. The van der Waals surface area contributed by atoms with Gasteiger partial charge in [-0.25, -0.2) is 0 Å². The molecule has 102 valence electrons. The van der Waals surface area contributed by atoms with Crippen LogP contribution in [0.25, 0.3) is 0 Å². The maximum absolute atomic E-state index is 3.78. The van der Waals surface area contributed by atoms with Crippen molar-refractivity contribution in [2.45, 2.75) is 45.1 Å². The number of nitrogens with one attached hydrogen (secondary N) is 1. The van der Waals surface area contributed by atoms with Gasteiger partial charge in [0.05, 0.1) is 0 Å². The van der Waals surface area contributed by atoms with E-state index in [4.69, 9.17) is 0 Å². The Morgan fingerprint density at radius 1 is 1.39 bits per heavy atom. The molecule has 2 nitrogen and oxygen atoms in total. The van der Waals surface area contributed by atoms with Crippen molar-refractivity contribution in [2.75, 3.05) is 26.2 Å². The standard InChI is InChI=1S/C15H26N2S/c1-3-15(4-2)13-17(9-5-8-16-15)10-6-14-7-11-18-12-14/h7,11-12,16H,3-6,8-10,13H2,1-2H3. The first-order chi connectivity index (χ1) is 8.78. The van der Waals surface area contributed by atoms with Crippen LogP contribution in [-0.4, -0.2) is 36.6 Å².